The standard InChI is InChI=1S/C18H24FNO3/c1-18(2,3)23-17(22)20-8-6-13(7-9-20)10-14-4-5-16(19)15(11-14)12-21/h4-5,11-13H,6-10H2,1-3H3. The minimum absolute atomic E-state index is 0.105. The highest BCUT2D eigenvalue weighted by Crippen LogP contribution is 2.24. The van der Waals surface area contributed by atoms with E-state index in [0.717, 1.165) is 24.8 Å². The van der Waals surface area contributed by atoms with Gasteiger partial charge in [0.05, 0.1) is 5.56 Å². The van der Waals surface area contributed by atoms with E-state index < -0.39 is 11.4 Å². The molecule has 1 heterocycles. The fraction of sp³-hybridized carbons (Fsp3) is 0.556. The minimum atomic E-state index is -0.483. The zero-order chi connectivity index (χ0) is 17.0. The van der Waals surface area contributed by atoms with Crippen molar-refractivity contribution in [1.82, 2.24) is 4.90 Å². The van der Waals surface area contributed by atoms with Gasteiger partial charge in [0.25, 0.3) is 0 Å². The molecule has 0 saturated carbocycles. The Hall–Kier alpha value is -1.91. The normalized spacial score (nSPS) is 16.3. The van der Waals surface area contributed by atoms with Gasteiger partial charge >= 0.3 is 6.09 Å². The van der Waals surface area contributed by atoms with Crippen molar-refractivity contribution in [2.24, 2.45) is 5.92 Å². The molecule has 1 aliphatic rings. The van der Waals surface area contributed by atoms with Crippen molar-refractivity contribution in [3.05, 3.63) is 35.1 Å². The molecule has 126 valence electrons. The predicted molar refractivity (Wildman–Crippen MR) is 86.0 cm³/mol. The Bertz CT molecular complexity index is 572. The number of aldehydes is 1. The van der Waals surface area contributed by atoms with Gasteiger partial charge < -0.3 is 9.64 Å². The van der Waals surface area contributed by atoms with Crippen molar-refractivity contribution in [1.29, 1.82) is 0 Å². The van der Waals surface area contributed by atoms with Crippen molar-refractivity contribution in [2.45, 2.75) is 45.6 Å². The lowest BCUT2D eigenvalue weighted by molar-refractivity contribution is 0.0184. The third-order valence-corrected chi connectivity index (χ3v) is 3.98. The largest absolute Gasteiger partial charge is 0.444 e. The summed E-state index contributed by atoms with van der Waals surface area (Å²) in [6.45, 7) is 6.91. The van der Waals surface area contributed by atoms with Crippen molar-refractivity contribution in [3.63, 3.8) is 0 Å². The molecule has 1 fully saturated rings. The van der Waals surface area contributed by atoms with E-state index in [1.54, 1.807) is 17.0 Å². The number of amides is 1. The van der Waals surface area contributed by atoms with Crippen LogP contribution >= 0.6 is 0 Å². The molecule has 0 aromatic heterocycles. The summed E-state index contributed by atoms with van der Waals surface area (Å²) in [5, 5.41) is 0. The van der Waals surface area contributed by atoms with Crippen LogP contribution < -0.4 is 0 Å². The maximum Gasteiger partial charge on any atom is 0.410 e. The van der Waals surface area contributed by atoms with Gasteiger partial charge in [0.1, 0.15) is 11.4 Å². The predicted octanol–water partition coefficient (Wildman–Crippen LogP) is 3.83. The van der Waals surface area contributed by atoms with E-state index in [4.69, 9.17) is 4.74 Å². The first-order chi connectivity index (χ1) is 10.8. The van der Waals surface area contributed by atoms with Gasteiger partial charge in [0.2, 0.25) is 0 Å². The van der Waals surface area contributed by atoms with Gasteiger partial charge in [-0.05, 0) is 63.6 Å². The van der Waals surface area contributed by atoms with Crippen molar-refractivity contribution in [2.75, 3.05) is 13.1 Å². The number of piperidine rings is 1. The van der Waals surface area contributed by atoms with E-state index in [0.29, 0.717) is 25.3 Å². The smallest absolute Gasteiger partial charge is 0.410 e. The number of ether oxygens (including phenoxy) is 1. The van der Waals surface area contributed by atoms with Gasteiger partial charge in [-0.25, -0.2) is 9.18 Å². The first-order valence-electron chi connectivity index (χ1n) is 8.00. The van der Waals surface area contributed by atoms with Gasteiger partial charge in [0, 0.05) is 13.1 Å². The summed E-state index contributed by atoms with van der Waals surface area (Å²) in [6, 6.07) is 4.68. The Morgan fingerprint density at radius 2 is 2.00 bits per heavy atom. The second kappa shape index (κ2) is 7.11. The van der Waals surface area contributed by atoms with Crippen LogP contribution in [0.4, 0.5) is 9.18 Å². The maximum atomic E-state index is 13.3. The SMILES string of the molecule is CC(C)(C)OC(=O)N1CCC(Cc2ccc(F)c(C=O)c2)CC1. The van der Waals surface area contributed by atoms with E-state index in [1.165, 1.54) is 6.07 Å². The van der Waals surface area contributed by atoms with E-state index in [2.05, 4.69) is 0 Å². The summed E-state index contributed by atoms with van der Waals surface area (Å²) in [7, 11) is 0. The zero-order valence-electron chi connectivity index (χ0n) is 14.0. The van der Waals surface area contributed by atoms with Crippen LogP contribution in [0.3, 0.4) is 0 Å². The molecule has 0 spiro atoms. The van der Waals surface area contributed by atoms with Gasteiger partial charge in [-0.1, -0.05) is 6.07 Å². The van der Waals surface area contributed by atoms with Crippen molar-refractivity contribution < 1.29 is 18.7 Å². The number of nitrogens with zero attached hydrogens (tertiary/aromatic N) is 1. The molecule has 2 rings (SSSR count). The van der Waals surface area contributed by atoms with Crippen LogP contribution in [0.25, 0.3) is 0 Å². The van der Waals surface area contributed by atoms with Gasteiger partial charge in [0.15, 0.2) is 6.29 Å². The molecule has 0 aliphatic carbocycles. The maximum absolute atomic E-state index is 13.3. The van der Waals surface area contributed by atoms with E-state index in [-0.39, 0.29) is 11.7 Å². The summed E-state index contributed by atoms with van der Waals surface area (Å²) in [5.41, 5.74) is 0.589. The van der Waals surface area contributed by atoms with Crippen molar-refractivity contribution in [3.8, 4) is 0 Å². The summed E-state index contributed by atoms with van der Waals surface area (Å²) in [5.74, 6) is -0.0536. The number of carbonyl (C=O) groups excluding carboxylic acids is 2. The molecule has 0 bridgehead atoms. The number of hydrogen-bond donors (Lipinski definition) is 0. The number of hydrogen-bond acceptors (Lipinski definition) is 3. The average Bonchev–Trinajstić information content (AvgIpc) is 2.48. The van der Waals surface area contributed by atoms with Crippen molar-refractivity contribution >= 4 is 12.4 Å². The Balaban J connectivity index is 1.87. The Morgan fingerprint density at radius 1 is 1.35 bits per heavy atom. The highest BCUT2D eigenvalue weighted by Gasteiger charge is 2.26. The van der Waals surface area contributed by atoms with Crippen LogP contribution in [0.15, 0.2) is 18.2 Å². The Labute approximate surface area is 136 Å². The van der Waals surface area contributed by atoms with Crippen LogP contribution in [0.5, 0.6) is 0 Å². The summed E-state index contributed by atoms with van der Waals surface area (Å²) in [6.07, 6.45) is 2.84. The molecule has 0 radical (unpaired) electrons. The molecule has 0 N–H and O–H groups in total. The van der Waals surface area contributed by atoms with Gasteiger partial charge in [-0.3, -0.25) is 4.79 Å². The summed E-state index contributed by atoms with van der Waals surface area (Å²) >= 11 is 0. The minimum Gasteiger partial charge on any atom is -0.444 e. The first kappa shape index (κ1) is 17.4. The molecule has 1 amide bonds. The summed E-state index contributed by atoms with van der Waals surface area (Å²) in [4.78, 5) is 24.6. The molecule has 0 unspecified atom stereocenters. The third-order valence-electron chi connectivity index (χ3n) is 3.98. The molecule has 23 heavy (non-hydrogen) atoms. The summed E-state index contributed by atoms with van der Waals surface area (Å²) < 4.78 is 18.7. The Kier molecular flexibility index (Phi) is 5.39. The topological polar surface area (TPSA) is 46.6 Å². The second-order valence-electron chi connectivity index (χ2n) is 7.09. The number of rotatable bonds is 3. The van der Waals surface area contributed by atoms with Crippen LogP contribution in [0.2, 0.25) is 0 Å². The number of benzene rings is 1. The molecule has 5 heteroatoms. The second-order valence-corrected chi connectivity index (χ2v) is 7.09. The average molecular weight is 321 g/mol. The quantitative estimate of drug-likeness (QED) is 0.795. The molecule has 1 aromatic carbocycles. The Morgan fingerprint density at radius 3 is 2.57 bits per heavy atom. The van der Waals surface area contributed by atoms with Crippen LogP contribution in [-0.2, 0) is 11.2 Å². The lowest BCUT2D eigenvalue weighted by Gasteiger charge is -2.33. The number of likely N-dealkylation sites (tertiary alicyclic amines) is 1. The number of carbonyl (C=O) groups is 2. The van der Waals surface area contributed by atoms with E-state index >= 15 is 0 Å². The third kappa shape index (κ3) is 5.05. The lowest BCUT2D eigenvalue weighted by Crippen LogP contribution is -2.42. The molecule has 4 nitrogen and oxygen atoms in total. The van der Waals surface area contributed by atoms with E-state index in [1.807, 2.05) is 20.8 Å². The highest BCUT2D eigenvalue weighted by atomic mass is 19.1. The fourth-order valence-electron chi connectivity index (χ4n) is 2.79. The lowest BCUT2D eigenvalue weighted by atomic mass is 9.90. The molecule has 0 atom stereocenters. The van der Waals surface area contributed by atoms with E-state index in [9.17, 15) is 14.0 Å². The van der Waals surface area contributed by atoms with Gasteiger partial charge in [-0.15, -0.1) is 0 Å². The van der Waals surface area contributed by atoms with Crippen LogP contribution in [0.1, 0.15) is 49.5 Å². The molecular weight excluding hydrogens is 297 g/mol. The highest BCUT2D eigenvalue weighted by molar-refractivity contribution is 5.75. The molecule has 1 aliphatic heterocycles. The zero-order valence-corrected chi connectivity index (χ0v) is 14.0. The van der Waals surface area contributed by atoms with Crippen LogP contribution in [-0.4, -0.2) is 36.0 Å². The molecular formula is C18H24FNO3. The first-order valence-corrected chi connectivity index (χ1v) is 8.00. The number of halogens is 1. The van der Waals surface area contributed by atoms with Gasteiger partial charge in [-0.2, -0.15) is 0 Å². The monoisotopic (exact) mass is 321 g/mol. The fourth-order valence-corrected chi connectivity index (χ4v) is 2.79. The van der Waals surface area contributed by atoms with Crippen LogP contribution in [0, 0.1) is 11.7 Å². The molecule has 1 aromatic rings. The molecule has 1 saturated heterocycles.